The van der Waals surface area contributed by atoms with Gasteiger partial charge < -0.3 is 0 Å². The standard InChI is InChI=1S/C21H16F2N4O/c22-18-8-4-15(5-9-18)13-24-26-20-3-1-2-17(12-20)21(28)27-25-14-16-6-10-19(23)11-7-16/h1-14,26H,(H,27,28)/b24-13+,25-14+. The summed E-state index contributed by atoms with van der Waals surface area (Å²) >= 11 is 0. The number of nitrogens with one attached hydrogen (secondary N) is 2. The summed E-state index contributed by atoms with van der Waals surface area (Å²) in [5.74, 6) is -1.05. The average molecular weight is 378 g/mol. The van der Waals surface area contributed by atoms with Crippen LogP contribution in [0.4, 0.5) is 14.5 Å². The third kappa shape index (κ3) is 5.57. The number of hydrazone groups is 2. The highest BCUT2D eigenvalue weighted by molar-refractivity contribution is 5.95. The fourth-order valence-electron chi connectivity index (χ4n) is 2.24. The highest BCUT2D eigenvalue weighted by atomic mass is 19.1. The number of nitrogens with zero attached hydrogens (tertiary/aromatic N) is 2. The minimum atomic E-state index is -0.399. The second kappa shape index (κ2) is 9.18. The monoisotopic (exact) mass is 378 g/mol. The predicted molar refractivity (Wildman–Crippen MR) is 106 cm³/mol. The lowest BCUT2D eigenvalue weighted by molar-refractivity contribution is 0.0955. The molecule has 0 unspecified atom stereocenters. The summed E-state index contributed by atoms with van der Waals surface area (Å²) in [5, 5.41) is 7.92. The summed E-state index contributed by atoms with van der Waals surface area (Å²) in [4.78, 5) is 12.2. The number of amides is 1. The lowest BCUT2D eigenvalue weighted by Crippen LogP contribution is -2.17. The Hall–Kier alpha value is -3.87. The minimum Gasteiger partial charge on any atom is -0.278 e. The van der Waals surface area contributed by atoms with Gasteiger partial charge in [0, 0.05) is 5.56 Å². The molecule has 28 heavy (non-hydrogen) atoms. The van der Waals surface area contributed by atoms with E-state index in [1.165, 1.54) is 30.5 Å². The van der Waals surface area contributed by atoms with Crippen LogP contribution >= 0.6 is 0 Å². The third-order valence-electron chi connectivity index (χ3n) is 3.65. The van der Waals surface area contributed by atoms with Crippen molar-refractivity contribution in [2.45, 2.75) is 0 Å². The van der Waals surface area contributed by atoms with Crippen molar-refractivity contribution in [3.63, 3.8) is 0 Å². The Morgan fingerprint density at radius 3 is 1.96 bits per heavy atom. The van der Waals surface area contributed by atoms with Crippen LogP contribution in [0, 0.1) is 11.6 Å². The van der Waals surface area contributed by atoms with Crippen LogP contribution < -0.4 is 10.9 Å². The molecular formula is C21H16F2N4O. The highest BCUT2D eigenvalue weighted by Crippen LogP contribution is 2.11. The van der Waals surface area contributed by atoms with Crippen LogP contribution in [0.1, 0.15) is 21.5 Å². The van der Waals surface area contributed by atoms with E-state index in [4.69, 9.17) is 0 Å². The summed E-state index contributed by atoms with van der Waals surface area (Å²) < 4.78 is 25.7. The molecule has 5 nitrogen and oxygen atoms in total. The lowest BCUT2D eigenvalue weighted by Gasteiger charge is -2.04. The Morgan fingerprint density at radius 2 is 1.36 bits per heavy atom. The van der Waals surface area contributed by atoms with E-state index in [0.29, 0.717) is 16.8 Å². The molecule has 0 saturated heterocycles. The summed E-state index contributed by atoms with van der Waals surface area (Å²) in [6.45, 7) is 0. The quantitative estimate of drug-likeness (QED) is 0.499. The smallest absolute Gasteiger partial charge is 0.271 e. The van der Waals surface area contributed by atoms with Crippen LogP contribution in [0.5, 0.6) is 0 Å². The second-order valence-corrected chi connectivity index (χ2v) is 5.75. The number of carbonyl (C=O) groups excluding carboxylic acids is 1. The number of benzene rings is 3. The van der Waals surface area contributed by atoms with E-state index in [1.54, 1.807) is 54.7 Å². The van der Waals surface area contributed by atoms with Gasteiger partial charge in [-0.05, 0) is 53.6 Å². The fourth-order valence-corrected chi connectivity index (χ4v) is 2.24. The van der Waals surface area contributed by atoms with E-state index in [0.717, 1.165) is 5.56 Å². The third-order valence-corrected chi connectivity index (χ3v) is 3.65. The van der Waals surface area contributed by atoms with Gasteiger partial charge in [-0.3, -0.25) is 10.2 Å². The second-order valence-electron chi connectivity index (χ2n) is 5.75. The number of hydrogen-bond donors (Lipinski definition) is 2. The molecule has 0 saturated carbocycles. The van der Waals surface area contributed by atoms with Crippen molar-refractivity contribution in [1.29, 1.82) is 0 Å². The average Bonchev–Trinajstić information content (AvgIpc) is 2.71. The fraction of sp³-hybridized carbons (Fsp3) is 0. The SMILES string of the molecule is O=C(N/N=C/c1ccc(F)cc1)c1cccc(N/N=C/c2ccc(F)cc2)c1. The maximum absolute atomic E-state index is 12.9. The van der Waals surface area contributed by atoms with Crippen molar-refractivity contribution >= 4 is 24.0 Å². The van der Waals surface area contributed by atoms with Gasteiger partial charge in [0.25, 0.3) is 5.91 Å². The van der Waals surface area contributed by atoms with E-state index in [2.05, 4.69) is 21.1 Å². The Kier molecular flexibility index (Phi) is 6.20. The number of carbonyl (C=O) groups is 1. The summed E-state index contributed by atoms with van der Waals surface area (Å²) in [7, 11) is 0. The molecule has 0 atom stereocenters. The maximum Gasteiger partial charge on any atom is 0.271 e. The van der Waals surface area contributed by atoms with Gasteiger partial charge >= 0.3 is 0 Å². The molecule has 0 heterocycles. The maximum atomic E-state index is 12.9. The first-order valence-corrected chi connectivity index (χ1v) is 8.34. The van der Waals surface area contributed by atoms with Crippen LogP contribution in [0.15, 0.2) is 83.0 Å². The molecule has 0 fully saturated rings. The van der Waals surface area contributed by atoms with E-state index < -0.39 is 5.91 Å². The zero-order valence-electron chi connectivity index (χ0n) is 14.6. The predicted octanol–water partition coefficient (Wildman–Crippen LogP) is 4.17. The molecular weight excluding hydrogens is 362 g/mol. The van der Waals surface area contributed by atoms with Gasteiger partial charge in [0.05, 0.1) is 18.1 Å². The molecule has 0 aliphatic heterocycles. The zero-order chi connectivity index (χ0) is 19.8. The normalized spacial score (nSPS) is 11.1. The van der Waals surface area contributed by atoms with Crippen LogP contribution in [0.25, 0.3) is 0 Å². The minimum absolute atomic E-state index is 0.314. The van der Waals surface area contributed by atoms with Crippen LogP contribution in [-0.4, -0.2) is 18.3 Å². The molecule has 0 aliphatic carbocycles. The van der Waals surface area contributed by atoms with Crippen LogP contribution in [0.2, 0.25) is 0 Å². The molecule has 2 N–H and O–H groups in total. The first kappa shape index (κ1) is 18.9. The lowest BCUT2D eigenvalue weighted by atomic mass is 10.2. The van der Waals surface area contributed by atoms with E-state index in [9.17, 15) is 13.6 Å². The van der Waals surface area contributed by atoms with Crippen LogP contribution in [0.3, 0.4) is 0 Å². The molecule has 0 aromatic heterocycles. The zero-order valence-corrected chi connectivity index (χ0v) is 14.6. The molecule has 0 bridgehead atoms. The Bertz CT molecular complexity index is 1000. The molecule has 0 radical (unpaired) electrons. The summed E-state index contributed by atoms with van der Waals surface area (Å²) in [5.41, 5.74) is 7.61. The molecule has 3 aromatic rings. The first-order valence-electron chi connectivity index (χ1n) is 8.34. The van der Waals surface area contributed by atoms with Crippen LogP contribution in [-0.2, 0) is 0 Å². The number of halogens is 2. The molecule has 0 spiro atoms. The number of anilines is 1. The molecule has 3 rings (SSSR count). The van der Waals surface area contributed by atoms with Gasteiger partial charge in [-0.15, -0.1) is 0 Å². The largest absolute Gasteiger partial charge is 0.278 e. The molecule has 3 aromatic carbocycles. The van der Waals surface area contributed by atoms with E-state index in [-0.39, 0.29) is 11.6 Å². The summed E-state index contributed by atoms with van der Waals surface area (Å²) in [6.07, 6.45) is 2.96. The van der Waals surface area contributed by atoms with Crippen molar-refractivity contribution < 1.29 is 13.6 Å². The van der Waals surface area contributed by atoms with E-state index in [1.807, 2.05) is 0 Å². The van der Waals surface area contributed by atoms with Gasteiger partial charge in [-0.2, -0.15) is 10.2 Å². The Labute approximate surface area is 160 Å². The van der Waals surface area contributed by atoms with Gasteiger partial charge in [-0.25, -0.2) is 14.2 Å². The molecule has 0 aliphatic rings. The molecule has 1 amide bonds. The van der Waals surface area contributed by atoms with E-state index >= 15 is 0 Å². The number of rotatable bonds is 6. The highest BCUT2D eigenvalue weighted by Gasteiger charge is 2.04. The van der Waals surface area contributed by atoms with Gasteiger partial charge in [0.1, 0.15) is 11.6 Å². The Morgan fingerprint density at radius 1 is 0.786 bits per heavy atom. The van der Waals surface area contributed by atoms with Crippen molar-refractivity contribution in [3.05, 3.63) is 101 Å². The Balaban J connectivity index is 1.58. The number of hydrogen-bond acceptors (Lipinski definition) is 4. The van der Waals surface area contributed by atoms with Gasteiger partial charge in [0.15, 0.2) is 0 Å². The van der Waals surface area contributed by atoms with Gasteiger partial charge in [0.2, 0.25) is 0 Å². The summed E-state index contributed by atoms with van der Waals surface area (Å²) in [6, 6.07) is 18.3. The molecule has 140 valence electrons. The topological polar surface area (TPSA) is 65.8 Å². The van der Waals surface area contributed by atoms with Crippen molar-refractivity contribution in [2.75, 3.05) is 5.43 Å². The first-order chi connectivity index (χ1) is 13.6. The molecule has 7 heteroatoms. The van der Waals surface area contributed by atoms with Crippen molar-refractivity contribution in [3.8, 4) is 0 Å². The van der Waals surface area contributed by atoms with Crippen molar-refractivity contribution in [1.82, 2.24) is 5.43 Å². The van der Waals surface area contributed by atoms with Crippen molar-refractivity contribution in [2.24, 2.45) is 10.2 Å². The van der Waals surface area contributed by atoms with Gasteiger partial charge in [-0.1, -0.05) is 30.3 Å².